The topological polar surface area (TPSA) is 65.7 Å². The Morgan fingerprint density at radius 2 is 2.00 bits per heavy atom. The second-order valence-electron chi connectivity index (χ2n) is 6.23. The number of hydrogen-bond donors (Lipinski definition) is 2. The molecular weight excluding hydrogens is 292 g/mol. The molecule has 0 aliphatic heterocycles. The van der Waals surface area contributed by atoms with Gasteiger partial charge in [-0.3, -0.25) is 4.79 Å². The first-order valence-electron chi connectivity index (χ1n) is 7.56. The number of amides is 1. The highest BCUT2D eigenvalue weighted by atomic mass is 16.3. The van der Waals surface area contributed by atoms with Crippen LogP contribution in [0.5, 0.6) is 0 Å². The SMILES string of the molecule is Cc1cc(C(C)(O)CNC(=O)c2cccc(N(C)C)c2)c(C)o1. The summed E-state index contributed by atoms with van der Waals surface area (Å²) < 4.78 is 5.46. The van der Waals surface area contributed by atoms with Crippen molar-refractivity contribution in [1.29, 1.82) is 0 Å². The number of rotatable bonds is 5. The summed E-state index contributed by atoms with van der Waals surface area (Å²) >= 11 is 0. The maximum atomic E-state index is 12.3. The Balaban J connectivity index is 2.09. The first-order valence-corrected chi connectivity index (χ1v) is 7.56. The van der Waals surface area contributed by atoms with Crippen molar-refractivity contribution in [1.82, 2.24) is 5.32 Å². The van der Waals surface area contributed by atoms with Crippen molar-refractivity contribution < 1.29 is 14.3 Å². The van der Waals surface area contributed by atoms with Crippen LogP contribution in [0.1, 0.15) is 34.4 Å². The standard InChI is InChI=1S/C18H24N2O3/c1-12-9-16(13(2)23-12)18(3,22)11-19-17(21)14-7-6-8-15(10-14)20(4)5/h6-10,22H,11H2,1-5H3,(H,19,21). The lowest BCUT2D eigenvalue weighted by atomic mass is 9.96. The average molecular weight is 316 g/mol. The number of aliphatic hydroxyl groups is 1. The zero-order valence-electron chi connectivity index (χ0n) is 14.3. The molecule has 1 aromatic heterocycles. The molecule has 0 radical (unpaired) electrons. The van der Waals surface area contributed by atoms with E-state index in [-0.39, 0.29) is 12.5 Å². The molecule has 0 saturated carbocycles. The van der Waals surface area contributed by atoms with Crippen molar-refractivity contribution in [3.63, 3.8) is 0 Å². The molecule has 1 atom stereocenters. The molecular formula is C18H24N2O3. The van der Waals surface area contributed by atoms with Crippen LogP contribution in [0.25, 0.3) is 0 Å². The van der Waals surface area contributed by atoms with E-state index in [0.29, 0.717) is 16.9 Å². The molecule has 5 heteroatoms. The molecule has 0 spiro atoms. The number of furan rings is 1. The smallest absolute Gasteiger partial charge is 0.251 e. The molecule has 0 aliphatic carbocycles. The molecule has 1 unspecified atom stereocenters. The van der Waals surface area contributed by atoms with Crippen molar-refractivity contribution >= 4 is 11.6 Å². The van der Waals surface area contributed by atoms with Crippen molar-refractivity contribution in [3.05, 3.63) is 53.0 Å². The van der Waals surface area contributed by atoms with Crippen molar-refractivity contribution in [2.24, 2.45) is 0 Å². The molecule has 1 amide bonds. The van der Waals surface area contributed by atoms with Crippen LogP contribution in [0.2, 0.25) is 0 Å². The van der Waals surface area contributed by atoms with Gasteiger partial charge in [-0.2, -0.15) is 0 Å². The number of nitrogens with zero attached hydrogens (tertiary/aromatic N) is 1. The maximum absolute atomic E-state index is 12.3. The quantitative estimate of drug-likeness (QED) is 0.890. The molecule has 0 aliphatic rings. The zero-order valence-corrected chi connectivity index (χ0v) is 14.3. The van der Waals surface area contributed by atoms with Gasteiger partial charge in [0.25, 0.3) is 5.91 Å². The van der Waals surface area contributed by atoms with E-state index in [4.69, 9.17) is 4.42 Å². The first-order chi connectivity index (χ1) is 10.7. The van der Waals surface area contributed by atoms with Gasteiger partial charge in [0.05, 0.1) is 6.54 Å². The second kappa shape index (κ2) is 6.46. The molecule has 2 N–H and O–H groups in total. The fraction of sp³-hybridized carbons (Fsp3) is 0.389. The Kier molecular flexibility index (Phi) is 4.80. The molecule has 2 aromatic rings. The van der Waals surface area contributed by atoms with Crippen LogP contribution in [0, 0.1) is 13.8 Å². The van der Waals surface area contributed by atoms with E-state index < -0.39 is 5.60 Å². The molecule has 23 heavy (non-hydrogen) atoms. The maximum Gasteiger partial charge on any atom is 0.251 e. The lowest BCUT2D eigenvalue weighted by Gasteiger charge is -2.23. The number of benzene rings is 1. The molecule has 1 aromatic carbocycles. The summed E-state index contributed by atoms with van der Waals surface area (Å²) in [6, 6.07) is 9.15. The molecule has 124 valence electrons. The third-order valence-electron chi connectivity index (χ3n) is 3.84. The van der Waals surface area contributed by atoms with E-state index in [2.05, 4.69) is 5.32 Å². The van der Waals surface area contributed by atoms with E-state index in [0.717, 1.165) is 11.4 Å². The highest BCUT2D eigenvalue weighted by Crippen LogP contribution is 2.26. The van der Waals surface area contributed by atoms with Crippen LogP contribution in [0.3, 0.4) is 0 Å². The average Bonchev–Trinajstić information content (AvgIpc) is 2.84. The highest BCUT2D eigenvalue weighted by molar-refractivity contribution is 5.95. The van der Waals surface area contributed by atoms with Crippen LogP contribution in [0.15, 0.2) is 34.7 Å². The van der Waals surface area contributed by atoms with Gasteiger partial charge in [0.15, 0.2) is 0 Å². The summed E-state index contributed by atoms with van der Waals surface area (Å²) in [4.78, 5) is 14.3. The van der Waals surface area contributed by atoms with E-state index in [1.54, 1.807) is 26.0 Å². The van der Waals surface area contributed by atoms with Crippen LogP contribution >= 0.6 is 0 Å². The summed E-state index contributed by atoms with van der Waals surface area (Å²) in [6.45, 7) is 5.41. The van der Waals surface area contributed by atoms with Crippen LogP contribution in [0.4, 0.5) is 5.69 Å². The van der Waals surface area contributed by atoms with Gasteiger partial charge in [-0.15, -0.1) is 0 Å². The predicted octanol–water partition coefficient (Wildman–Crippen LogP) is 2.60. The van der Waals surface area contributed by atoms with Gasteiger partial charge in [0, 0.05) is 30.9 Å². The summed E-state index contributed by atoms with van der Waals surface area (Å²) in [5.74, 6) is 1.19. The summed E-state index contributed by atoms with van der Waals surface area (Å²) in [5.41, 5.74) is 1.02. The minimum absolute atomic E-state index is 0.109. The highest BCUT2D eigenvalue weighted by Gasteiger charge is 2.28. The number of anilines is 1. The fourth-order valence-electron chi connectivity index (χ4n) is 2.54. The van der Waals surface area contributed by atoms with E-state index in [1.807, 2.05) is 44.1 Å². The third kappa shape index (κ3) is 3.93. The lowest BCUT2D eigenvalue weighted by molar-refractivity contribution is 0.0514. The largest absolute Gasteiger partial charge is 0.466 e. The van der Waals surface area contributed by atoms with E-state index in [9.17, 15) is 9.90 Å². The van der Waals surface area contributed by atoms with Crippen molar-refractivity contribution in [2.75, 3.05) is 25.5 Å². The van der Waals surface area contributed by atoms with Crippen molar-refractivity contribution in [3.8, 4) is 0 Å². The third-order valence-corrected chi connectivity index (χ3v) is 3.84. The molecule has 2 rings (SSSR count). The van der Waals surface area contributed by atoms with Gasteiger partial charge < -0.3 is 19.7 Å². The summed E-state index contributed by atoms with van der Waals surface area (Å²) in [6.07, 6.45) is 0. The van der Waals surface area contributed by atoms with Crippen LogP contribution in [-0.2, 0) is 5.60 Å². The normalized spacial score (nSPS) is 13.5. The lowest BCUT2D eigenvalue weighted by Crippen LogP contribution is -2.38. The molecule has 5 nitrogen and oxygen atoms in total. The molecule has 1 heterocycles. The van der Waals surface area contributed by atoms with Gasteiger partial charge in [-0.25, -0.2) is 0 Å². The number of carbonyl (C=O) groups is 1. The second-order valence-corrected chi connectivity index (χ2v) is 6.23. The summed E-state index contributed by atoms with van der Waals surface area (Å²) in [5, 5.41) is 13.4. The fourth-order valence-corrected chi connectivity index (χ4v) is 2.54. The minimum atomic E-state index is -1.18. The number of nitrogens with one attached hydrogen (secondary N) is 1. The Hall–Kier alpha value is -2.27. The predicted molar refractivity (Wildman–Crippen MR) is 90.9 cm³/mol. The van der Waals surface area contributed by atoms with Gasteiger partial charge >= 0.3 is 0 Å². The van der Waals surface area contributed by atoms with Crippen LogP contribution in [-0.4, -0.2) is 31.7 Å². The van der Waals surface area contributed by atoms with Crippen LogP contribution < -0.4 is 10.2 Å². The number of aryl methyl sites for hydroxylation is 2. The van der Waals surface area contributed by atoms with Gasteiger partial charge in [0.1, 0.15) is 17.1 Å². The van der Waals surface area contributed by atoms with E-state index in [1.165, 1.54) is 0 Å². The monoisotopic (exact) mass is 316 g/mol. The number of carbonyl (C=O) groups excluding carboxylic acids is 1. The molecule has 0 bridgehead atoms. The van der Waals surface area contributed by atoms with Gasteiger partial charge in [-0.1, -0.05) is 6.07 Å². The van der Waals surface area contributed by atoms with Gasteiger partial charge in [0.2, 0.25) is 0 Å². The minimum Gasteiger partial charge on any atom is -0.466 e. The molecule has 0 saturated heterocycles. The van der Waals surface area contributed by atoms with Crippen molar-refractivity contribution in [2.45, 2.75) is 26.4 Å². The first kappa shape index (κ1) is 17.1. The molecule has 0 fully saturated rings. The van der Waals surface area contributed by atoms with E-state index >= 15 is 0 Å². The van der Waals surface area contributed by atoms with Gasteiger partial charge in [-0.05, 0) is 45.0 Å². The zero-order chi connectivity index (χ0) is 17.2. The summed E-state index contributed by atoms with van der Waals surface area (Å²) in [7, 11) is 3.84. The Labute approximate surface area is 136 Å². The Morgan fingerprint density at radius 3 is 2.57 bits per heavy atom. The Morgan fingerprint density at radius 1 is 1.30 bits per heavy atom. The Bertz CT molecular complexity index is 702. The number of hydrogen-bond acceptors (Lipinski definition) is 4.